The van der Waals surface area contributed by atoms with E-state index in [4.69, 9.17) is 10.5 Å². The summed E-state index contributed by atoms with van der Waals surface area (Å²) in [5.74, 6) is -1.27. The third-order valence-electron chi connectivity index (χ3n) is 2.23. The number of carbonyl (C=O) groups excluding carboxylic acids is 1. The van der Waals surface area contributed by atoms with Crippen molar-refractivity contribution >= 4 is 32.3 Å². The Morgan fingerprint density at radius 2 is 2.32 bits per heavy atom. The van der Waals surface area contributed by atoms with Crippen LogP contribution in [0.3, 0.4) is 0 Å². The van der Waals surface area contributed by atoms with E-state index in [0.717, 1.165) is 11.3 Å². The predicted molar refractivity (Wildman–Crippen MR) is 70.3 cm³/mol. The molecule has 0 saturated heterocycles. The molecule has 1 unspecified atom stereocenters. The van der Waals surface area contributed by atoms with Crippen LogP contribution in [-0.4, -0.2) is 37.5 Å². The molecule has 0 spiro atoms. The summed E-state index contributed by atoms with van der Waals surface area (Å²) < 4.78 is 27.1. The van der Waals surface area contributed by atoms with Crippen molar-refractivity contribution in [2.45, 2.75) is 13.0 Å². The standard InChI is InChI=1S/C9H13N3O5S2/c1-2-19(15,16)4-3-17-8(13)7(12-14)6-5-18-9(10)11-6/h5,7H,2-4H2,1H3,(H2,10,11). The van der Waals surface area contributed by atoms with Gasteiger partial charge in [-0.05, 0) is 5.18 Å². The summed E-state index contributed by atoms with van der Waals surface area (Å²) in [7, 11) is -3.23. The monoisotopic (exact) mass is 307 g/mol. The van der Waals surface area contributed by atoms with Gasteiger partial charge in [-0.1, -0.05) is 6.92 Å². The number of sulfone groups is 1. The summed E-state index contributed by atoms with van der Waals surface area (Å²) in [4.78, 5) is 26.0. The first kappa shape index (κ1) is 15.5. The SMILES string of the molecule is CCS(=O)(=O)CCOC(=O)C(N=O)c1csc(N)n1. The van der Waals surface area contributed by atoms with Crippen LogP contribution in [0.1, 0.15) is 18.7 Å². The van der Waals surface area contributed by atoms with E-state index in [0.29, 0.717) is 0 Å². The fourth-order valence-electron chi connectivity index (χ4n) is 1.14. The summed E-state index contributed by atoms with van der Waals surface area (Å²) in [5.41, 5.74) is 5.48. The molecule has 19 heavy (non-hydrogen) atoms. The molecule has 0 aromatic carbocycles. The summed E-state index contributed by atoms with van der Waals surface area (Å²) in [5, 5.41) is 4.24. The lowest BCUT2D eigenvalue weighted by Crippen LogP contribution is -2.20. The summed E-state index contributed by atoms with van der Waals surface area (Å²) in [6.07, 6.45) is 0. The first-order valence-corrected chi connectivity index (χ1v) is 8.00. The Kier molecular flexibility index (Phi) is 5.36. The van der Waals surface area contributed by atoms with Crippen molar-refractivity contribution in [1.82, 2.24) is 4.98 Å². The van der Waals surface area contributed by atoms with Crippen LogP contribution in [0.4, 0.5) is 5.13 Å². The highest BCUT2D eigenvalue weighted by Gasteiger charge is 2.26. The Morgan fingerprint density at radius 3 is 2.79 bits per heavy atom. The van der Waals surface area contributed by atoms with Crippen molar-refractivity contribution in [2.24, 2.45) is 5.18 Å². The van der Waals surface area contributed by atoms with Crippen LogP contribution in [0.2, 0.25) is 0 Å². The number of ether oxygens (including phenoxy) is 1. The van der Waals surface area contributed by atoms with Crippen molar-refractivity contribution in [3.63, 3.8) is 0 Å². The molecule has 1 heterocycles. The second kappa shape index (κ2) is 6.57. The number of rotatable bonds is 7. The minimum atomic E-state index is -3.23. The number of nitroso groups, excluding NO2 is 1. The Labute approximate surface area is 113 Å². The van der Waals surface area contributed by atoms with Gasteiger partial charge in [-0.3, -0.25) is 0 Å². The Bertz CT molecular complexity index is 554. The number of nitrogen functional groups attached to an aromatic ring is 1. The molecular formula is C9H13N3O5S2. The lowest BCUT2D eigenvalue weighted by molar-refractivity contribution is -0.144. The maximum atomic E-state index is 11.6. The largest absolute Gasteiger partial charge is 0.463 e. The third-order valence-corrected chi connectivity index (χ3v) is 4.59. The molecule has 1 aromatic heterocycles. The minimum absolute atomic E-state index is 0.0392. The van der Waals surface area contributed by atoms with Crippen molar-refractivity contribution in [1.29, 1.82) is 0 Å². The first-order chi connectivity index (χ1) is 8.89. The molecule has 2 N–H and O–H groups in total. The third kappa shape index (κ3) is 4.56. The van der Waals surface area contributed by atoms with Crippen molar-refractivity contribution in [3.05, 3.63) is 16.0 Å². The number of aromatic nitrogens is 1. The maximum Gasteiger partial charge on any atom is 0.340 e. The average Bonchev–Trinajstić information content (AvgIpc) is 2.76. The van der Waals surface area contributed by atoms with E-state index in [-0.39, 0.29) is 28.9 Å². The molecule has 1 rings (SSSR count). The molecule has 0 saturated carbocycles. The van der Waals surface area contributed by atoms with Crippen LogP contribution in [0.5, 0.6) is 0 Å². The van der Waals surface area contributed by atoms with Gasteiger partial charge in [0.1, 0.15) is 6.61 Å². The first-order valence-electron chi connectivity index (χ1n) is 5.30. The zero-order valence-electron chi connectivity index (χ0n) is 10.1. The van der Waals surface area contributed by atoms with Gasteiger partial charge in [-0.25, -0.2) is 18.2 Å². The van der Waals surface area contributed by atoms with Crippen LogP contribution < -0.4 is 5.73 Å². The maximum absolute atomic E-state index is 11.6. The number of esters is 1. The van der Waals surface area contributed by atoms with Crippen LogP contribution in [0.25, 0.3) is 0 Å². The average molecular weight is 307 g/mol. The van der Waals surface area contributed by atoms with E-state index in [2.05, 4.69) is 10.2 Å². The molecule has 106 valence electrons. The predicted octanol–water partition coefficient (Wildman–Crippen LogP) is 0.511. The summed E-state index contributed by atoms with van der Waals surface area (Å²) >= 11 is 1.06. The highest BCUT2D eigenvalue weighted by atomic mass is 32.2. The fourth-order valence-corrected chi connectivity index (χ4v) is 2.34. The lowest BCUT2D eigenvalue weighted by atomic mass is 10.2. The van der Waals surface area contributed by atoms with Crippen molar-refractivity contribution in [2.75, 3.05) is 23.8 Å². The molecule has 0 amide bonds. The number of nitrogens with two attached hydrogens (primary N) is 1. The zero-order valence-corrected chi connectivity index (χ0v) is 11.7. The van der Waals surface area contributed by atoms with Gasteiger partial charge in [-0.15, -0.1) is 16.2 Å². The van der Waals surface area contributed by atoms with E-state index in [1.54, 1.807) is 0 Å². The van der Waals surface area contributed by atoms with Crippen LogP contribution >= 0.6 is 11.3 Å². The molecule has 8 nitrogen and oxygen atoms in total. The summed E-state index contributed by atoms with van der Waals surface area (Å²) in [6.45, 7) is 1.17. The van der Waals surface area contributed by atoms with E-state index in [9.17, 15) is 18.1 Å². The van der Waals surface area contributed by atoms with Gasteiger partial charge in [0.05, 0.1) is 11.4 Å². The molecule has 0 fully saturated rings. The number of anilines is 1. The Balaban J connectivity index is 2.59. The second-order valence-corrected chi connectivity index (χ2v) is 6.88. The number of thiazole rings is 1. The molecule has 1 atom stereocenters. The quantitative estimate of drug-likeness (QED) is 0.574. The molecule has 0 aliphatic heterocycles. The van der Waals surface area contributed by atoms with Gasteiger partial charge in [0.2, 0.25) is 6.04 Å². The van der Waals surface area contributed by atoms with Gasteiger partial charge in [0, 0.05) is 11.1 Å². The Morgan fingerprint density at radius 1 is 1.63 bits per heavy atom. The van der Waals surface area contributed by atoms with Gasteiger partial charge < -0.3 is 10.5 Å². The van der Waals surface area contributed by atoms with Gasteiger partial charge in [0.25, 0.3) is 0 Å². The van der Waals surface area contributed by atoms with Crippen molar-refractivity contribution < 1.29 is 17.9 Å². The highest BCUT2D eigenvalue weighted by molar-refractivity contribution is 7.91. The molecule has 0 bridgehead atoms. The fraction of sp³-hybridized carbons (Fsp3) is 0.556. The molecular weight excluding hydrogens is 294 g/mol. The molecule has 1 aromatic rings. The molecule has 10 heteroatoms. The van der Waals surface area contributed by atoms with Gasteiger partial charge >= 0.3 is 5.97 Å². The second-order valence-electron chi connectivity index (χ2n) is 3.52. The molecule has 0 aliphatic carbocycles. The molecule has 0 radical (unpaired) electrons. The topological polar surface area (TPSA) is 129 Å². The normalized spacial score (nSPS) is 12.9. The van der Waals surface area contributed by atoms with E-state index in [1.165, 1.54) is 12.3 Å². The zero-order chi connectivity index (χ0) is 14.5. The van der Waals surface area contributed by atoms with Gasteiger partial charge in [-0.2, -0.15) is 0 Å². The minimum Gasteiger partial charge on any atom is -0.463 e. The van der Waals surface area contributed by atoms with Crippen molar-refractivity contribution in [3.8, 4) is 0 Å². The van der Waals surface area contributed by atoms with Gasteiger partial charge in [0.15, 0.2) is 15.0 Å². The van der Waals surface area contributed by atoms with E-state index < -0.39 is 21.8 Å². The van der Waals surface area contributed by atoms with Crippen LogP contribution in [0.15, 0.2) is 10.6 Å². The number of hydrogen-bond acceptors (Lipinski definition) is 9. The number of carbonyl (C=O) groups is 1. The Hall–Kier alpha value is -1.55. The van der Waals surface area contributed by atoms with E-state index >= 15 is 0 Å². The number of nitrogens with zero attached hydrogens (tertiary/aromatic N) is 2. The number of hydrogen-bond donors (Lipinski definition) is 1. The highest BCUT2D eigenvalue weighted by Crippen LogP contribution is 2.22. The molecule has 0 aliphatic rings. The van der Waals surface area contributed by atoms with Crippen LogP contribution in [0, 0.1) is 4.91 Å². The lowest BCUT2D eigenvalue weighted by Gasteiger charge is -2.07. The van der Waals surface area contributed by atoms with Crippen LogP contribution in [-0.2, 0) is 19.4 Å². The van der Waals surface area contributed by atoms with E-state index in [1.807, 2.05) is 0 Å². The summed E-state index contributed by atoms with van der Waals surface area (Å²) in [6, 6.07) is -1.42. The smallest absolute Gasteiger partial charge is 0.340 e.